The minimum atomic E-state index is -0.370. The van der Waals surface area contributed by atoms with Gasteiger partial charge < -0.3 is 6.42 Å². The minimum Gasteiger partial charge on any atom is -0.328 e. The summed E-state index contributed by atoms with van der Waals surface area (Å²) in [4.78, 5) is 0. The number of aryl methyl sites for hydroxylation is 1. The van der Waals surface area contributed by atoms with Gasteiger partial charge in [0, 0.05) is 0 Å². The van der Waals surface area contributed by atoms with E-state index >= 15 is 0 Å². The maximum absolute atomic E-state index is 13.6. The predicted molar refractivity (Wildman–Crippen MR) is 68.3 cm³/mol. The molecule has 1 aliphatic carbocycles. The van der Waals surface area contributed by atoms with Gasteiger partial charge in [-0.05, 0) is 36.5 Å². The van der Waals surface area contributed by atoms with Gasteiger partial charge in [0.05, 0.1) is 5.56 Å². The second-order valence-electron chi connectivity index (χ2n) is 4.89. The molecule has 19 heavy (non-hydrogen) atoms. The third-order valence-corrected chi connectivity index (χ3v) is 3.54. The average molecular weight is 336 g/mol. The SMILES string of the molecule is Cc1cc(CC2CC[CH-]CC2)cc(F)c1C#N.F.[Rb+]. The fourth-order valence-electron chi connectivity index (χ4n) is 2.61. The first-order valence-corrected chi connectivity index (χ1v) is 6.21. The van der Waals surface area contributed by atoms with Gasteiger partial charge in [0.1, 0.15) is 11.9 Å². The first-order valence-electron chi connectivity index (χ1n) is 6.21. The summed E-state index contributed by atoms with van der Waals surface area (Å²) in [7, 11) is 0. The Bertz CT molecular complexity index is 425. The molecule has 0 saturated heterocycles. The molecule has 1 aromatic rings. The number of hydrogen-bond acceptors (Lipinski definition) is 1. The summed E-state index contributed by atoms with van der Waals surface area (Å²) < 4.78 is 13.6. The molecule has 1 aliphatic rings. The third kappa shape index (κ3) is 5.34. The van der Waals surface area contributed by atoms with Crippen molar-refractivity contribution in [3.8, 4) is 6.07 Å². The first kappa shape index (κ1) is 19.4. The number of nitriles is 1. The standard InChI is InChI=1S/C15H17FN.FH.Rb/c1-11-7-13(9-15(16)14(11)10-17)8-12-5-3-2-4-6-12;;/h2,7,9,12H,3-6,8H2,1H3;1H;/q-1;;+1. The van der Waals surface area contributed by atoms with Gasteiger partial charge in [-0.15, -0.1) is 0 Å². The van der Waals surface area contributed by atoms with Crippen molar-refractivity contribution in [2.45, 2.75) is 39.0 Å². The largest absolute Gasteiger partial charge is 1.00 e. The van der Waals surface area contributed by atoms with Crippen LogP contribution in [-0.4, -0.2) is 0 Å². The van der Waals surface area contributed by atoms with Gasteiger partial charge in [-0.25, -0.2) is 4.39 Å². The van der Waals surface area contributed by atoms with Gasteiger partial charge in [-0.1, -0.05) is 18.9 Å². The Morgan fingerprint density at radius 2 is 2.00 bits per heavy atom. The Morgan fingerprint density at radius 1 is 1.37 bits per heavy atom. The van der Waals surface area contributed by atoms with E-state index in [4.69, 9.17) is 5.26 Å². The van der Waals surface area contributed by atoms with Crippen LogP contribution in [0.25, 0.3) is 0 Å². The summed E-state index contributed by atoms with van der Waals surface area (Å²) in [5, 5.41) is 8.82. The van der Waals surface area contributed by atoms with E-state index in [1.807, 2.05) is 12.1 Å². The van der Waals surface area contributed by atoms with Crippen molar-refractivity contribution >= 4 is 0 Å². The summed E-state index contributed by atoms with van der Waals surface area (Å²) in [5.41, 5.74) is 1.97. The van der Waals surface area contributed by atoms with Crippen LogP contribution in [0.2, 0.25) is 0 Å². The number of rotatable bonds is 2. The van der Waals surface area contributed by atoms with E-state index in [2.05, 4.69) is 6.42 Å². The Kier molecular flexibility index (Phi) is 9.52. The fourth-order valence-corrected chi connectivity index (χ4v) is 2.61. The van der Waals surface area contributed by atoms with Crippen LogP contribution in [0, 0.1) is 36.4 Å². The first-order chi connectivity index (χ1) is 8.20. The van der Waals surface area contributed by atoms with E-state index in [-0.39, 0.29) is 74.3 Å². The normalized spacial score (nSPS) is 15.0. The summed E-state index contributed by atoms with van der Waals surface area (Å²) >= 11 is 0. The van der Waals surface area contributed by atoms with Gasteiger partial charge >= 0.3 is 58.2 Å². The fraction of sp³-hybridized carbons (Fsp3) is 0.467. The van der Waals surface area contributed by atoms with E-state index in [1.165, 1.54) is 31.7 Å². The van der Waals surface area contributed by atoms with Gasteiger partial charge in [0.25, 0.3) is 0 Å². The Hall–Kier alpha value is 0.375. The third-order valence-electron chi connectivity index (χ3n) is 3.54. The van der Waals surface area contributed by atoms with Crippen molar-refractivity contribution in [2.24, 2.45) is 5.92 Å². The molecule has 1 saturated carbocycles. The zero-order chi connectivity index (χ0) is 12.3. The van der Waals surface area contributed by atoms with Crippen LogP contribution in [0.15, 0.2) is 12.1 Å². The minimum absolute atomic E-state index is 0. The number of nitrogens with zero attached hydrogens (tertiary/aromatic N) is 1. The topological polar surface area (TPSA) is 23.8 Å². The van der Waals surface area contributed by atoms with Gasteiger partial charge in [-0.3, -0.25) is 4.70 Å². The van der Waals surface area contributed by atoms with Crippen molar-refractivity contribution < 1.29 is 67.3 Å². The molecular weight excluding hydrogens is 318 g/mol. The molecule has 1 nitrogen and oxygen atoms in total. The molecule has 0 spiro atoms. The smallest absolute Gasteiger partial charge is 0.328 e. The zero-order valence-electron chi connectivity index (χ0n) is 11.6. The monoisotopic (exact) mass is 335 g/mol. The second kappa shape index (κ2) is 9.34. The molecule has 0 amide bonds. The quantitative estimate of drug-likeness (QED) is 0.743. The van der Waals surface area contributed by atoms with Crippen LogP contribution in [0.3, 0.4) is 0 Å². The molecule has 1 fully saturated rings. The predicted octanol–water partition coefficient (Wildman–Crippen LogP) is 1.10. The van der Waals surface area contributed by atoms with Crippen molar-refractivity contribution in [1.29, 1.82) is 5.26 Å². The molecule has 98 valence electrons. The van der Waals surface area contributed by atoms with Gasteiger partial charge in [-0.2, -0.15) is 18.1 Å². The average Bonchev–Trinajstić information content (AvgIpc) is 2.30. The molecule has 4 heteroatoms. The summed E-state index contributed by atoms with van der Waals surface area (Å²) in [6.45, 7) is 1.81. The molecule has 0 unspecified atom stereocenters. The number of hydrogen-bond donors (Lipinski definition) is 0. The van der Waals surface area contributed by atoms with Gasteiger partial charge in [0.15, 0.2) is 0 Å². The van der Waals surface area contributed by atoms with Crippen LogP contribution >= 0.6 is 0 Å². The summed E-state index contributed by atoms with van der Waals surface area (Å²) in [6, 6.07) is 5.40. The van der Waals surface area contributed by atoms with E-state index in [0.29, 0.717) is 5.92 Å². The molecule has 1 aromatic carbocycles. The van der Waals surface area contributed by atoms with E-state index < -0.39 is 0 Å². The molecule has 0 aliphatic heterocycles. The summed E-state index contributed by atoms with van der Waals surface area (Å²) in [5.74, 6) is 0.302. The molecule has 0 atom stereocenters. The molecule has 0 N–H and O–H groups in total. The van der Waals surface area contributed by atoms with Crippen LogP contribution in [0.5, 0.6) is 0 Å². The number of benzene rings is 1. The van der Waals surface area contributed by atoms with E-state index in [9.17, 15) is 4.39 Å². The Morgan fingerprint density at radius 3 is 2.53 bits per heavy atom. The molecule has 2 rings (SSSR count). The molecule has 0 bridgehead atoms. The maximum Gasteiger partial charge on any atom is 1.00 e. The second-order valence-corrected chi connectivity index (χ2v) is 4.89. The number of halogens is 2. The zero-order valence-corrected chi connectivity index (χ0v) is 16.5. The Balaban J connectivity index is 0.00000162. The molecule has 0 aromatic heterocycles. The van der Waals surface area contributed by atoms with Crippen molar-refractivity contribution in [1.82, 2.24) is 0 Å². The van der Waals surface area contributed by atoms with E-state index in [1.54, 1.807) is 6.92 Å². The molecular formula is C15H18F2NRb. The Labute approximate surface area is 162 Å². The van der Waals surface area contributed by atoms with E-state index in [0.717, 1.165) is 17.5 Å². The van der Waals surface area contributed by atoms with Crippen LogP contribution < -0.4 is 58.2 Å². The molecule has 0 heterocycles. The van der Waals surface area contributed by atoms with Crippen LogP contribution in [0.4, 0.5) is 9.09 Å². The van der Waals surface area contributed by atoms with Crippen molar-refractivity contribution in [3.63, 3.8) is 0 Å². The van der Waals surface area contributed by atoms with Crippen molar-refractivity contribution in [3.05, 3.63) is 41.1 Å². The summed E-state index contributed by atoms with van der Waals surface area (Å²) in [6.07, 6.45) is 8.06. The van der Waals surface area contributed by atoms with Crippen LogP contribution in [0.1, 0.15) is 42.4 Å². The van der Waals surface area contributed by atoms with Crippen molar-refractivity contribution in [2.75, 3.05) is 0 Å². The maximum atomic E-state index is 13.6. The van der Waals surface area contributed by atoms with Crippen LogP contribution in [-0.2, 0) is 6.42 Å². The molecule has 0 radical (unpaired) electrons. The van der Waals surface area contributed by atoms with Gasteiger partial charge in [0.2, 0.25) is 0 Å².